The van der Waals surface area contributed by atoms with Crippen LogP contribution in [0.2, 0.25) is 5.02 Å². The first kappa shape index (κ1) is 13.1. The lowest BCUT2D eigenvalue weighted by Gasteiger charge is -2.07. The third-order valence-electron chi connectivity index (χ3n) is 2.44. The molecule has 18 heavy (non-hydrogen) atoms. The number of nitrogen functional groups attached to an aromatic ring is 1. The van der Waals surface area contributed by atoms with Crippen LogP contribution in [-0.2, 0) is 6.54 Å². The molecule has 3 nitrogen and oxygen atoms in total. The third kappa shape index (κ3) is 3.31. The van der Waals surface area contributed by atoms with Crippen molar-refractivity contribution in [2.75, 3.05) is 11.5 Å². The summed E-state index contributed by atoms with van der Waals surface area (Å²) in [6.07, 6.45) is 1.78. The fourth-order valence-electron chi connectivity index (χ4n) is 1.53. The highest BCUT2D eigenvalue weighted by molar-refractivity contribution is 7.99. The summed E-state index contributed by atoms with van der Waals surface area (Å²) in [6, 6.07) is 10.5. The van der Waals surface area contributed by atoms with E-state index in [2.05, 4.69) is 0 Å². The normalized spacial score (nSPS) is 10.5. The molecule has 0 spiro atoms. The van der Waals surface area contributed by atoms with Crippen molar-refractivity contribution in [1.29, 1.82) is 0 Å². The zero-order valence-electron chi connectivity index (χ0n) is 9.67. The maximum Gasteiger partial charge on any atom is 0.250 e. The van der Waals surface area contributed by atoms with Crippen molar-refractivity contribution in [1.82, 2.24) is 4.57 Å². The molecule has 1 aromatic heterocycles. The van der Waals surface area contributed by atoms with Crippen LogP contribution in [0.15, 0.2) is 52.3 Å². The van der Waals surface area contributed by atoms with E-state index in [0.29, 0.717) is 17.3 Å². The van der Waals surface area contributed by atoms with Gasteiger partial charge in [-0.05, 0) is 24.3 Å². The summed E-state index contributed by atoms with van der Waals surface area (Å²) in [5.74, 6) is 0.771. The average molecular weight is 281 g/mol. The molecule has 5 heteroatoms. The Morgan fingerprint density at radius 3 is 2.89 bits per heavy atom. The predicted molar refractivity (Wildman–Crippen MR) is 77.3 cm³/mol. The van der Waals surface area contributed by atoms with Crippen molar-refractivity contribution < 1.29 is 0 Å². The number of aromatic nitrogens is 1. The molecule has 2 aromatic rings. The van der Waals surface area contributed by atoms with E-state index in [1.165, 1.54) is 0 Å². The van der Waals surface area contributed by atoms with E-state index in [0.717, 1.165) is 10.6 Å². The van der Waals surface area contributed by atoms with E-state index in [4.69, 9.17) is 17.3 Å². The minimum atomic E-state index is 0.0109. The van der Waals surface area contributed by atoms with E-state index >= 15 is 0 Å². The number of nitrogens with zero attached hydrogens (tertiary/aromatic N) is 1. The Balaban J connectivity index is 1.99. The first-order valence-electron chi connectivity index (χ1n) is 5.50. The van der Waals surface area contributed by atoms with Crippen molar-refractivity contribution in [2.24, 2.45) is 0 Å². The lowest BCUT2D eigenvalue weighted by molar-refractivity contribution is 0.735. The number of nitrogens with two attached hydrogens (primary N) is 1. The van der Waals surface area contributed by atoms with Crippen LogP contribution in [0, 0.1) is 0 Å². The summed E-state index contributed by atoms with van der Waals surface area (Å²) in [6.45, 7) is 0.648. The number of hydrogen-bond acceptors (Lipinski definition) is 3. The molecule has 1 heterocycles. The van der Waals surface area contributed by atoms with Crippen LogP contribution >= 0.6 is 23.4 Å². The van der Waals surface area contributed by atoms with Crippen molar-refractivity contribution >= 4 is 29.1 Å². The molecule has 1 aromatic carbocycles. The number of benzene rings is 1. The zero-order valence-corrected chi connectivity index (χ0v) is 11.2. The van der Waals surface area contributed by atoms with Gasteiger partial charge in [-0.15, -0.1) is 11.8 Å². The van der Waals surface area contributed by atoms with Gasteiger partial charge >= 0.3 is 0 Å². The molecular formula is C13H13ClN2OS. The monoisotopic (exact) mass is 280 g/mol. The molecule has 0 atom stereocenters. The van der Waals surface area contributed by atoms with Gasteiger partial charge < -0.3 is 10.3 Å². The predicted octanol–water partition coefficient (Wildman–Crippen LogP) is 2.88. The fourth-order valence-corrected chi connectivity index (χ4v) is 2.74. The molecule has 0 aliphatic carbocycles. The second-order valence-electron chi connectivity index (χ2n) is 3.77. The first-order valence-corrected chi connectivity index (χ1v) is 6.86. The van der Waals surface area contributed by atoms with Crippen molar-refractivity contribution in [3.63, 3.8) is 0 Å². The van der Waals surface area contributed by atoms with Crippen LogP contribution in [0.25, 0.3) is 0 Å². The minimum Gasteiger partial charge on any atom is -0.399 e. The molecule has 94 valence electrons. The zero-order chi connectivity index (χ0) is 13.0. The van der Waals surface area contributed by atoms with Gasteiger partial charge in [0.2, 0.25) is 0 Å². The van der Waals surface area contributed by atoms with Gasteiger partial charge in [0.15, 0.2) is 0 Å². The van der Waals surface area contributed by atoms with Gasteiger partial charge in [0.05, 0.1) is 5.02 Å². The number of hydrogen-bond donors (Lipinski definition) is 1. The number of rotatable bonds is 4. The van der Waals surface area contributed by atoms with Gasteiger partial charge in [-0.25, -0.2) is 0 Å². The third-order valence-corrected chi connectivity index (χ3v) is 3.92. The summed E-state index contributed by atoms with van der Waals surface area (Å²) in [4.78, 5) is 12.4. The van der Waals surface area contributed by atoms with E-state index in [1.807, 2.05) is 12.1 Å². The Hall–Kier alpha value is -1.39. The molecule has 2 rings (SSSR count). The number of pyridine rings is 1. The van der Waals surface area contributed by atoms with Gasteiger partial charge in [-0.1, -0.05) is 17.7 Å². The molecule has 0 saturated carbocycles. The van der Waals surface area contributed by atoms with E-state index in [9.17, 15) is 4.79 Å². The molecule has 0 amide bonds. The highest BCUT2D eigenvalue weighted by Gasteiger charge is 2.02. The smallest absolute Gasteiger partial charge is 0.250 e. The molecule has 2 N–H and O–H groups in total. The molecule has 0 aliphatic rings. The van der Waals surface area contributed by atoms with Gasteiger partial charge in [-0.3, -0.25) is 4.79 Å². The number of halogens is 1. The lowest BCUT2D eigenvalue weighted by Crippen LogP contribution is -2.18. The summed E-state index contributed by atoms with van der Waals surface area (Å²) in [5, 5.41) is 0.689. The SMILES string of the molecule is Nc1ccc(Cl)c(SCCn2ccccc2=O)c1. The van der Waals surface area contributed by atoms with Crippen molar-refractivity contribution in [3.8, 4) is 0 Å². The van der Waals surface area contributed by atoms with Crippen LogP contribution in [0.3, 0.4) is 0 Å². The van der Waals surface area contributed by atoms with Crippen LogP contribution in [0.4, 0.5) is 5.69 Å². The highest BCUT2D eigenvalue weighted by atomic mass is 35.5. The molecule has 0 bridgehead atoms. The van der Waals surface area contributed by atoms with Crippen LogP contribution in [0.5, 0.6) is 0 Å². The maximum absolute atomic E-state index is 11.5. The molecule has 0 fully saturated rings. The first-order chi connectivity index (χ1) is 8.66. The molecular weight excluding hydrogens is 268 g/mol. The standard InChI is InChI=1S/C13H13ClN2OS/c14-11-5-4-10(15)9-12(11)18-8-7-16-6-2-1-3-13(16)17/h1-6,9H,7-8,15H2. The quantitative estimate of drug-likeness (QED) is 0.692. The number of anilines is 1. The van der Waals surface area contributed by atoms with Crippen molar-refractivity contribution in [2.45, 2.75) is 11.4 Å². The van der Waals surface area contributed by atoms with Gasteiger partial charge in [0.25, 0.3) is 5.56 Å². The molecule has 0 unspecified atom stereocenters. The van der Waals surface area contributed by atoms with Crippen LogP contribution < -0.4 is 11.3 Å². The van der Waals surface area contributed by atoms with E-state index in [1.54, 1.807) is 46.8 Å². The Labute approximate surface area is 115 Å². The van der Waals surface area contributed by atoms with Gasteiger partial charge in [0.1, 0.15) is 0 Å². The fraction of sp³-hybridized carbons (Fsp3) is 0.154. The minimum absolute atomic E-state index is 0.0109. The van der Waals surface area contributed by atoms with E-state index < -0.39 is 0 Å². The Kier molecular flexibility index (Phi) is 4.33. The van der Waals surface area contributed by atoms with Gasteiger partial charge in [0, 0.05) is 35.1 Å². The Bertz CT molecular complexity index is 598. The maximum atomic E-state index is 11.5. The average Bonchev–Trinajstić information content (AvgIpc) is 2.36. The molecule has 0 saturated heterocycles. The van der Waals surface area contributed by atoms with Crippen molar-refractivity contribution in [3.05, 3.63) is 58.0 Å². The number of thioether (sulfide) groups is 1. The second kappa shape index (κ2) is 5.98. The largest absolute Gasteiger partial charge is 0.399 e. The Morgan fingerprint density at radius 1 is 1.28 bits per heavy atom. The van der Waals surface area contributed by atoms with E-state index in [-0.39, 0.29) is 5.56 Å². The highest BCUT2D eigenvalue weighted by Crippen LogP contribution is 2.28. The van der Waals surface area contributed by atoms with Crippen LogP contribution in [0.1, 0.15) is 0 Å². The summed E-state index contributed by atoms with van der Waals surface area (Å²) < 4.78 is 1.67. The topological polar surface area (TPSA) is 48.0 Å². The summed E-state index contributed by atoms with van der Waals surface area (Å²) >= 11 is 7.66. The molecule has 0 radical (unpaired) electrons. The second-order valence-corrected chi connectivity index (χ2v) is 5.31. The number of aryl methyl sites for hydroxylation is 1. The van der Waals surface area contributed by atoms with Gasteiger partial charge in [-0.2, -0.15) is 0 Å². The lowest BCUT2D eigenvalue weighted by atomic mass is 10.3. The molecule has 0 aliphatic heterocycles. The Morgan fingerprint density at radius 2 is 2.11 bits per heavy atom. The van der Waals surface area contributed by atoms with Crippen LogP contribution in [-0.4, -0.2) is 10.3 Å². The summed E-state index contributed by atoms with van der Waals surface area (Å²) in [5.41, 5.74) is 6.41. The summed E-state index contributed by atoms with van der Waals surface area (Å²) in [7, 11) is 0.